The molecular formula is C17H21F3N2O2. The molecule has 3 rings (SSSR count). The molecule has 1 aliphatic heterocycles. The Morgan fingerprint density at radius 3 is 2.58 bits per heavy atom. The van der Waals surface area contributed by atoms with E-state index >= 15 is 0 Å². The summed E-state index contributed by atoms with van der Waals surface area (Å²) in [5.41, 5.74) is -0.540. The number of nitrogens with zero attached hydrogens (tertiary/aromatic N) is 2. The van der Waals surface area contributed by atoms with Crippen LogP contribution < -0.4 is 0 Å². The van der Waals surface area contributed by atoms with Crippen molar-refractivity contribution in [1.82, 2.24) is 4.90 Å². The first-order chi connectivity index (χ1) is 11.4. The van der Waals surface area contributed by atoms with E-state index in [1.807, 2.05) is 0 Å². The van der Waals surface area contributed by atoms with Crippen molar-refractivity contribution in [1.29, 1.82) is 0 Å². The minimum atomic E-state index is -4.41. The molecule has 0 aromatic heterocycles. The van der Waals surface area contributed by atoms with E-state index in [1.54, 1.807) is 11.0 Å². The number of aliphatic hydroxyl groups is 1. The highest BCUT2D eigenvalue weighted by atomic mass is 19.4. The molecule has 7 heteroatoms. The average molecular weight is 342 g/mol. The quantitative estimate of drug-likeness (QED) is 0.906. The lowest BCUT2D eigenvalue weighted by Crippen LogP contribution is -2.40. The Morgan fingerprint density at radius 1 is 1.17 bits per heavy atom. The maximum atomic E-state index is 13.1. The van der Waals surface area contributed by atoms with Crippen molar-refractivity contribution >= 4 is 5.84 Å². The molecule has 0 radical (unpaired) electrons. The molecule has 24 heavy (non-hydrogen) atoms. The number of hydrogen-bond acceptors (Lipinski definition) is 4. The number of oxime groups is 1. The topological polar surface area (TPSA) is 45.1 Å². The Hall–Kier alpha value is -1.76. The fourth-order valence-electron chi connectivity index (χ4n) is 3.44. The van der Waals surface area contributed by atoms with Crippen LogP contribution in [0.4, 0.5) is 13.2 Å². The van der Waals surface area contributed by atoms with Crippen LogP contribution in [0.25, 0.3) is 0 Å². The number of halogens is 3. The van der Waals surface area contributed by atoms with Gasteiger partial charge >= 0.3 is 12.6 Å². The second-order valence-corrected chi connectivity index (χ2v) is 6.43. The van der Waals surface area contributed by atoms with Crippen molar-refractivity contribution < 1.29 is 23.1 Å². The zero-order chi connectivity index (χ0) is 17.2. The summed E-state index contributed by atoms with van der Waals surface area (Å²) in [6, 6.07) is 5.44. The molecule has 0 amide bonds. The second kappa shape index (κ2) is 7.01. The van der Waals surface area contributed by atoms with Crippen molar-refractivity contribution in [2.24, 2.45) is 11.1 Å². The van der Waals surface area contributed by atoms with Crippen molar-refractivity contribution in [2.75, 3.05) is 6.54 Å². The first-order valence-corrected chi connectivity index (χ1v) is 8.27. The van der Waals surface area contributed by atoms with Crippen LogP contribution in [0.1, 0.15) is 43.2 Å². The Morgan fingerprint density at radius 2 is 1.88 bits per heavy atom. The van der Waals surface area contributed by atoms with Gasteiger partial charge in [0.1, 0.15) is 0 Å². The van der Waals surface area contributed by atoms with Gasteiger partial charge in [-0.15, -0.1) is 0 Å². The second-order valence-electron chi connectivity index (χ2n) is 6.43. The highest BCUT2D eigenvalue weighted by Gasteiger charge is 2.36. The fourth-order valence-corrected chi connectivity index (χ4v) is 3.44. The van der Waals surface area contributed by atoms with Crippen LogP contribution >= 0.6 is 0 Å². The summed E-state index contributed by atoms with van der Waals surface area (Å²) < 4.78 is 39.4. The SMILES string of the molecule is OC1ON=C(Cc2ccccc2C(F)(F)F)N1CC1CCCCC1. The summed E-state index contributed by atoms with van der Waals surface area (Å²) in [7, 11) is 0. The number of alkyl halides is 3. The van der Waals surface area contributed by atoms with E-state index in [-0.39, 0.29) is 12.0 Å². The third-order valence-electron chi connectivity index (χ3n) is 4.70. The van der Waals surface area contributed by atoms with Crippen LogP contribution in [-0.2, 0) is 17.4 Å². The number of amidine groups is 1. The normalized spacial score (nSPS) is 22.4. The molecule has 1 aromatic carbocycles. The molecule has 1 aromatic rings. The number of hydrogen-bond donors (Lipinski definition) is 1. The molecular weight excluding hydrogens is 321 g/mol. The maximum Gasteiger partial charge on any atom is 0.416 e. The van der Waals surface area contributed by atoms with Gasteiger partial charge in [0.25, 0.3) is 0 Å². The van der Waals surface area contributed by atoms with Crippen molar-refractivity contribution in [3.05, 3.63) is 35.4 Å². The lowest BCUT2D eigenvalue weighted by molar-refractivity contribution is -0.148. The van der Waals surface area contributed by atoms with E-state index in [4.69, 9.17) is 4.84 Å². The predicted octanol–water partition coefficient (Wildman–Crippen LogP) is 3.75. The van der Waals surface area contributed by atoms with Gasteiger partial charge in [0.05, 0.1) is 5.56 Å². The molecule has 1 N–H and O–H groups in total. The molecule has 2 aliphatic rings. The molecule has 0 spiro atoms. The molecule has 1 saturated carbocycles. The molecule has 0 bridgehead atoms. The Labute approximate surface area is 138 Å². The van der Waals surface area contributed by atoms with Gasteiger partial charge in [-0.1, -0.05) is 42.6 Å². The van der Waals surface area contributed by atoms with Crippen LogP contribution in [0, 0.1) is 5.92 Å². The molecule has 1 heterocycles. The first-order valence-electron chi connectivity index (χ1n) is 8.27. The Balaban J connectivity index is 1.74. The molecule has 1 unspecified atom stereocenters. The zero-order valence-corrected chi connectivity index (χ0v) is 13.3. The van der Waals surface area contributed by atoms with Gasteiger partial charge in [-0.05, 0) is 30.4 Å². The maximum absolute atomic E-state index is 13.1. The molecule has 132 valence electrons. The summed E-state index contributed by atoms with van der Waals surface area (Å²) in [6.07, 6.45) is 0.0152. The third kappa shape index (κ3) is 3.83. The summed E-state index contributed by atoms with van der Waals surface area (Å²) in [5.74, 6) is 0.767. The largest absolute Gasteiger partial charge is 0.416 e. The van der Waals surface area contributed by atoms with Gasteiger partial charge in [-0.2, -0.15) is 13.2 Å². The van der Waals surface area contributed by atoms with Gasteiger partial charge in [0.15, 0.2) is 5.84 Å². The molecule has 0 saturated heterocycles. The summed E-state index contributed by atoms with van der Waals surface area (Å²) in [4.78, 5) is 6.49. The van der Waals surface area contributed by atoms with Gasteiger partial charge in [-0.3, -0.25) is 4.90 Å². The van der Waals surface area contributed by atoms with Crippen LogP contribution in [0.2, 0.25) is 0 Å². The molecule has 1 fully saturated rings. The first kappa shape index (κ1) is 17.1. The van der Waals surface area contributed by atoms with Gasteiger partial charge in [-0.25, -0.2) is 0 Å². The minimum absolute atomic E-state index is 0.0144. The fraction of sp³-hybridized carbons (Fsp3) is 0.588. The Bertz CT molecular complexity index is 598. The van der Waals surface area contributed by atoms with Crippen molar-refractivity contribution in [3.8, 4) is 0 Å². The zero-order valence-electron chi connectivity index (χ0n) is 13.3. The third-order valence-corrected chi connectivity index (χ3v) is 4.70. The molecule has 1 aliphatic carbocycles. The van der Waals surface area contributed by atoms with E-state index in [0.29, 0.717) is 18.3 Å². The van der Waals surface area contributed by atoms with Gasteiger partial charge < -0.3 is 9.94 Å². The van der Waals surface area contributed by atoms with E-state index in [9.17, 15) is 18.3 Å². The lowest BCUT2D eigenvalue weighted by atomic mass is 9.89. The van der Waals surface area contributed by atoms with Crippen LogP contribution in [0.3, 0.4) is 0 Å². The van der Waals surface area contributed by atoms with E-state index in [0.717, 1.165) is 31.7 Å². The number of benzene rings is 1. The van der Waals surface area contributed by atoms with Crippen molar-refractivity contribution in [2.45, 2.75) is 51.1 Å². The lowest BCUT2D eigenvalue weighted by Gasteiger charge is -2.29. The highest BCUT2D eigenvalue weighted by Crippen LogP contribution is 2.33. The van der Waals surface area contributed by atoms with E-state index in [1.165, 1.54) is 18.6 Å². The van der Waals surface area contributed by atoms with E-state index < -0.39 is 18.2 Å². The monoisotopic (exact) mass is 342 g/mol. The molecule has 4 nitrogen and oxygen atoms in total. The smallest absolute Gasteiger partial charge is 0.340 e. The van der Waals surface area contributed by atoms with E-state index in [2.05, 4.69) is 5.16 Å². The summed E-state index contributed by atoms with van der Waals surface area (Å²) >= 11 is 0. The number of rotatable bonds is 4. The minimum Gasteiger partial charge on any atom is -0.340 e. The van der Waals surface area contributed by atoms with Crippen LogP contribution in [-0.4, -0.2) is 28.8 Å². The Kier molecular flexibility index (Phi) is 4.99. The van der Waals surface area contributed by atoms with Gasteiger partial charge in [0.2, 0.25) is 0 Å². The highest BCUT2D eigenvalue weighted by molar-refractivity contribution is 5.85. The standard InChI is InChI=1S/C17H21F3N2O2/c18-17(19,20)14-9-5-4-8-13(14)10-15-21-24-16(23)22(15)11-12-6-2-1-3-7-12/h4-5,8-9,12,16,23H,1-3,6-7,10-11H2. The summed E-state index contributed by atoms with van der Waals surface area (Å²) in [6.45, 7) is 0.564. The van der Waals surface area contributed by atoms with Crippen LogP contribution in [0.5, 0.6) is 0 Å². The average Bonchev–Trinajstić information content (AvgIpc) is 2.89. The van der Waals surface area contributed by atoms with Crippen molar-refractivity contribution in [3.63, 3.8) is 0 Å². The number of aliphatic hydroxyl groups excluding tert-OH is 1. The van der Waals surface area contributed by atoms with Gasteiger partial charge in [0, 0.05) is 13.0 Å². The van der Waals surface area contributed by atoms with Crippen LogP contribution in [0.15, 0.2) is 29.4 Å². The molecule has 1 atom stereocenters. The summed E-state index contributed by atoms with van der Waals surface area (Å²) in [5, 5.41) is 13.8. The predicted molar refractivity (Wildman–Crippen MR) is 83.0 cm³/mol.